The number of rotatable bonds is 19. The number of likely N-dealkylation sites (N-methyl/N-ethyl adjacent to an activating group) is 1. The van der Waals surface area contributed by atoms with E-state index in [1.165, 1.54) is 0 Å². The van der Waals surface area contributed by atoms with E-state index in [0.717, 1.165) is 0 Å². The molecule has 0 amide bonds. The summed E-state index contributed by atoms with van der Waals surface area (Å²) in [6, 6.07) is 0. The molecule has 4 N–H and O–H groups in total. The predicted molar refractivity (Wildman–Crippen MR) is 126 cm³/mol. The summed E-state index contributed by atoms with van der Waals surface area (Å²) in [6.07, 6.45) is 0. The molecule has 0 aromatic rings. The van der Waals surface area contributed by atoms with Crippen molar-refractivity contribution in [3.63, 3.8) is 0 Å². The molecule has 0 saturated heterocycles. The van der Waals surface area contributed by atoms with Crippen molar-refractivity contribution in [1.82, 2.24) is 23.2 Å². The van der Waals surface area contributed by atoms with Crippen LogP contribution >= 0.6 is 0 Å². The van der Waals surface area contributed by atoms with E-state index < -0.39 is 119 Å². The Bertz CT molecular complexity index is 1730. The van der Waals surface area contributed by atoms with Gasteiger partial charge in [-0.15, -0.1) is 0 Å². The fourth-order valence-corrected chi connectivity index (χ4v) is 7.70. The largest absolute Gasteiger partial charge is 0.512 e. The Morgan fingerprint density at radius 3 is 1.00 bits per heavy atom. The van der Waals surface area contributed by atoms with Crippen LogP contribution in [0.2, 0.25) is 0 Å². The molecule has 0 atom stereocenters. The van der Waals surface area contributed by atoms with E-state index in [2.05, 4.69) is 0 Å². The quantitative estimate of drug-likeness (QED) is 0.124. The highest BCUT2D eigenvalue weighted by Crippen LogP contribution is 2.51. The van der Waals surface area contributed by atoms with Gasteiger partial charge in [-0.1, -0.05) is 4.13 Å². The van der Waals surface area contributed by atoms with Gasteiger partial charge in [0.15, 0.2) is 0 Å². The van der Waals surface area contributed by atoms with E-state index in [1.54, 1.807) is 0 Å². The van der Waals surface area contributed by atoms with Crippen LogP contribution in [0.3, 0.4) is 0 Å². The summed E-state index contributed by atoms with van der Waals surface area (Å²) >= 11 is 0. The van der Waals surface area contributed by atoms with Gasteiger partial charge in [0, 0.05) is 26.2 Å². The van der Waals surface area contributed by atoms with Crippen LogP contribution < -0.4 is 18.3 Å². The molecule has 15 nitrogen and oxygen atoms in total. The molecule has 0 rings (SSSR count). The standard InChI is InChI=1S/C13H18F15N5O10S5/c1-29-44(34,35)9(18,19)7(14,15)10(20,21)45(36,37)30-3-5-33(2)6-4-31-46(38,39)11(22,23)8(16,17)12(24,25)47(40,41)32-48(42,43)13(26,27)28/h29-32H,3-6H2,1-2H3. The van der Waals surface area contributed by atoms with E-state index in [-0.39, 0.29) is 7.05 Å². The van der Waals surface area contributed by atoms with Gasteiger partial charge in [-0.25, -0.2) is 56.3 Å². The minimum atomic E-state index is -8.05. The number of hydrogen-bond acceptors (Lipinski definition) is 11. The average Bonchev–Trinajstić information content (AvgIpc) is 2.86. The molecule has 0 radical (unpaired) electrons. The molecular weight excluding hydrogens is 831 g/mol. The van der Waals surface area contributed by atoms with Crippen molar-refractivity contribution in [2.45, 2.75) is 38.4 Å². The number of nitrogens with one attached hydrogen (secondary N) is 4. The number of sulfonamides is 5. The van der Waals surface area contributed by atoms with Crippen molar-refractivity contribution in [1.29, 1.82) is 0 Å². The van der Waals surface area contributed by atoms with Crippen LogP contribution in [0, 0.1) is 0 Å². The summed E-state index contributed by atoms with van der Waals surface area (Å²) in [7, 11) is -35.6. The van der Waals surface area contributed by atoms with Crippen LogP contribution in [0.4, 0.5) is 65.9 Å². The second kappa shape index (κ2) is 13.6. The number of halogens is 15. The molecule has 35 heteroatoms. The minimum Gasteiger partial charge on any atom is -0.304 e. The predicted octanol–water partition coefficient (Wildman–Crippen LogP) is -0.283. The highest BCUT2D eigenvalue weighted by molar-refractivity contribution is 8.05. The smallest absolute Gasteiger partial charge is 0.304 e. The third kappa shape index (κ3) is 8.01. The van der Waals surface area contributed by atoms with Crippen molar-refractivity contribution in [2.75, 3.05) is 40.3 Å². The Labute approximate surface area is 259 Å². The maximum absolute atomic E-state index is 14.1. The van der Waals surface area contributed by atoms with Crippen LogP contribution in [0.15, 0.2) is 0 Å². The van der Waals surface area contributed by atoms with Gasteiger partial charge in [-0.05, 0) is 14.1 Å². The Balaban J connectivity index is 5.75. The fraction of sp³-hybridized carbons (Fsp3) is 1.00. The van der Waals surface area contributed by atoms with E-state index in [1.807, 2.05) is 0 Å². The van der Waals surface area contributed by atoms with E-state index in [0.29, 0.717) is 26.1 Å². The molecule has 0 fully saturated rings. The molecule has 0 unspecified atom stereocenters. The van der Waals surface area contributed by atoms with Crippen LogP contribution in [0.1, 0.15) is 0 Å². The highest BCUT2D eigenvalue weighted by Gasteiger charge is 2.83. The lowest BCUT2D eigenvalue weighted by Gasteiger charge is -2.32. The molecule has 0 aliphatic rings. The molecule has 290 valence electrons. The molecule has 0 aromatic heterocycles. The van der Waals surface area contributed by atoms with Gasteiger partial charge in [0.25, 0.3) is 40.1 Å². The van der Waals surface area contributed by atoms with Crippen LogP contribution in [0.25, 0.3) is 0 Å². The SMILES string of the molecule is CNS(=O)(=O)C(F)(F)C(F)(F)C(F)(F)S(=O)(=O)NCCN(C)CCNS(=O)(=O)C(F)(F)C(F)(F)C(F)(F)S(=O)(=O)NS(=O)(=O)C(F)(F)F. The monoisotopic (exact) mass is 849 g/mol. The number of hydrogen-bond donors (Lipinski definition) is 4. The van der Waals surface area contributed by atoms with Crippen LogP contribution in [-0.2, 0) is 50.1 Å². The molecular formula is C13H18F15N5O10S5. The zero-order valence-electron chi connectivity index (χ0n) is 22.6. The maximum Gasteiger partial charge on any atom is 0.512 e. The van der Waals surface area contributed by atoms with Crippen molar-refractivity contribution < 1.29 is 108 Å². The topological polar surface area (TPSA) is 222 Å². The first-order chi connectivity index (χ1) is 20.6. The molecule has 0 heterocycles. The van der Waals surface area contributed by atoms with Gasteiger partial charge >= 0.3 is 48.4 Å². The maximum atomic E-state index is 14.1. The highest BCUT2D eigenvalue weighted by atomic mass is 32.3. The lowest BCUT2D eigenvalue weighted by atomic mass is 10.3. The molecule has 0 aromatic carbocycles. The minimum absolute atomic E-state index is 0.0708. The molecule has 0 bridgehead atoms. The summed E-state index contributed by atoms with van der Waals surface area (Å²) in [5, 5.41) is -28.6. The number of alkyl halides is 15. The second-order valence-corrected chi connectivity index (χ2v) is 17.8. The van der Waals surface area contributed by atoms with Crippen molar-refractivity contribution in [3.05, 3.63) is 0 Å². The lowest BCUT2D eigenvalue weighted by Crippen LogP contribution is -2.65. The third-order valence-electron chi connectivity index (χ3n) is 5.18. The first-order valence-electron chi connectivity index (χ1n) is 10.8. The first kappa shape index (κ1) is 46.5. The van der Waals surface area contributed by atoms with Gasteiger partial charge in [0.05, 0.1) is 0 Å². The molecule has 48 heavy (non-hydrogen) atoms. The average molecular weight is 850 g/mol. The molecule has 0 saturated carbocycles. The van der Waals surface area contributed by atoms with E-state index in [4.69, 9.17) is 0 Å². The van der Waals surface area contributed by atoms with E-state index >= 15 is 0 Å². The van der Waals surface area contributed by atoms with Crippen molar-refractivity contribution in [3.8, 4) is 0 Å². The summed E-state index contributed by atoms with van der Waals surface area (Å²) in [5.74, 6) is -14.9. The summed E-state index contributed by atoms with van der Waals surface area (Å²) in [6.45, 7) is -5.53. The Kier molecular flexibility index (Phi) is 13.1. The van der Waals surface area contributed by atoms with E-state index in [9.17, 15) is 108 Å². The zero-order valence-corrected chi connectivity index (χ0v) is 26.7. The van der Waals surface area contributed by atoms with Gasteiger partial charge in [-0.2, -0.15) is 65.9 Å². The Morgan fingerprint density at radius 2 is 0.729 bits per heavy atom. The second-order valence-electron chi connectivity index (χ2n) is 8.56. The normalized spacial score (nSPS) is 16.0. The Hall–Kier alpha value is -1.50. The zero-order chi connectivity index (χ0) is 39.2. The van der Waals surface area contributed by atoms with Crippen LogP contribution in [0.5, 0.6) is 0 Å². The van der Waals surface area contributed by atoms with Crippen molar-refractivity contribution in [2.24, 2.45) is 0 Å². The van der Waals surface area contributed by atoms with Crippen molar-refractivity contribution >= 4 is 50.1 Å². The van der Waals surface area contributed by atoms with Crippen LogP contribution in [-0.4, -0.2) is 126 Å². The van der Waals surface area contributed by atoms with Gasteiger partial charge in [0.2, 0.25) is 0 Å². The fourth-order valence-electron chi connectivity index (χ4n) is 2.42. The first-order valence-corrected chi connectivity index (χ1v) is 18.2. The summed E-state index contributed by atoms with van der Waals surface area (Å²) in [5.41, 5.74) is -6.80. The molecule has 0 aliphatic heterocycles. The lowest BCUT2D eigenvalue weighted by molar-refractivity contribution is -0.244. The number of nitrogens with zero attached hydrogens (tertiary/aromatic N) is 1. The Morgan fingerprint density at radius 1 is 0.458 bits per heavy atom. The molecule has 0 spiro atoms. The summed E-state index contributed by atoms with van der Waals surface area (Å²) < 4.78 is 316. The van der Waals surface area contributed by atoms with Gasteiger partial charge in [-0.3, -0.25) is 0 Å². The van der Waals surface area contributed by atoms with Gasteiger partial charge < -0.3 is 4.90 Å². The summed E-state index contributed by atoms with van der Waals surface area (Å²) in [4.78, 5) is 0.419. The van der Waals surface area contributed by atoms with Gasteiger partial charge in [0.1, 0.15) is 0 Å². The molecule has 0 aliphatic carbocycles. The third-order valence-corrected chi connectivity index (χ3v) is 13.0.